The molecule has 0 radical (unpaired) electrons. The zero-order valence-corrected chi connectivity index (χ0v) is 9.58. The third kappa shape index (κ3) is 1.96. The Morgan fingerprint density at radius 2 is 2.19 bits per heavy atom. The second-order valence-electron chi connectivity index (χ2n) is 4.01. The number of aromatic nitrogens is 4. The number of hydrogen-bond acceptors (Lipinski definition) is 5. The van der Waals surface area contributed by atoms with E-state index >= 15 is 0 Å². The summed E-state index contributed by atoms with van der Waals surface area (Å²) in [4.78, 5) is 4.30. The zero-order valence-electron chi connectivity index (χ0n) is 9.58. The molecule has 0 amide bonds. The lowest BCUT2D eigenvalue weighted by molar-refractivity contribution is 0.347. The van der Waals surface area contributed by atoms with Crippen molar-refractivity contribution in [2.24, 2.45) is 12.8 Å². The first-order valence-electron chi connectivity index (χ1n) is 5.16. The van der Waals surface area contributed by atoms with Crippen LogP contribution in [0.25, 0.3) is 11.4 Å². The van der Waals surface area contributed by atoms with Gasteiger partial charge < -0.3 is 10.3 Å². The van der Waals surface area contributed by atoms with Crippen molar-refractivity contribution in [3.8, 4) is 11.4 Å². The molecule has 16 heavy (non-hydrogen) atoms. The van der Waals surface area contributed by atoms with Crippen LogP contribution in [0.1, 0.15) is 25.7 Å². The maximum atomic E-state index is 5.78. The van der Waals surface area contributed by atoms with Crippen LogP contribution in [0.2, 0.25) is 0 Å². The molecular formula is C10H15N5O. The molecule has 0 bridgehead atoms. The molecule has 2 aromatic rings. The highest BCUT2D eigenvalue weighted by Gasteiger charge is 2.18. The molecule has 0 saturated carbocycles. The quantitative estimate of drug-likeness (QED) is 0.833. The summed E-state index contributed by atoms with van der Waals surface area (Å²) in [6, 6.07) is -0.0119. The van der Waals surface area contributed by atoms with Crippen molar-refractivity contribution >= 4 is 0 Å². The van der Waals surface area contributed by atoms with Gasteiger partial charge in [-0.1, -0.05) is 12.1 Å². The first-order valence-corrected chi connectivity index (χ1v) is 5.16. The molecule has 6 nitrogen and oxygen atoms in total. The summed E-state index contributed by atoms with van der Waals surface area (Å²) in [7, 11) is 1.84. The third-order valence-corrected chi connectivity index (χ3v) is 2.58. The van der Waals surface area contributed by atoms with E-state index in [9.17, 15) is 0 Å². The van der Waals surface area contributed by atoms with Crippen LogP contribution in [0.4, 0.5) is 0 Å². The van der Waals surface area contributed by atoms with Crippen LogP contribution < -0.4 is 5.73 Å². The predicted octanol–water partition coefficient (Wildman–Crippen LogP) is 0.921. The molecule has 86 valence electrons. The molecule has 2 N–H and O–H groups in total. The van der Waals surface area contributed by atoms with E-state index in [-0.39, 0.29) is 12.0 Å². The van der Waals surface area contributed by atoms with Crippen LogP contribution in [0.15, 0.2) is 16.9 Å². The Hall–Kier alpha value is -1.69. The van der Waals surface area contributed by atoms with Crippen LogP contribution in [0.5, 0.6) is 0 Å². The third-order valence-electron chi connectivity index (χ3n) is 2.58. The van der Waals surface area contributed by atoms with Crippen molar-refractivity contribution < 1.29 is 4.52 Å². The Morgan fingerprint density at radius 1 is 1.44 bits per heavy atom. The molecule has 2 rings (SSSR count). The van der Waals surface area contributed by atoms with E-state index in [1.165, 1.54) is 0 Å². The van der Waals surface area contributed by atoms with Crippen LogP contribution >= 0.6 is 0 Å². The van der Waals surface area contributed by atoms with Crippen molar-refractivity contribution in [1.82, 2.24) is 19.9 Å². The van der Waals surface area contributed by atoms with Gasteiger partial charge in [-0.3, -0.25) is 4.68 Å². The summed E-state index contributed by atoms with van der Waals surface area (Å²) in [6.45, 7) is 3.88. The number of rotatable bonds is 3. The molecule has 0 aromatic carbocycles. The van der Waals surface area contributed by atoms with Crippen molar-refractivity contribution in [2.75, 3.05) is 0 Å². The lowest BCUT2D eigenvalue weighted by Crippen LogP contribution is -2.22. The molecule has 6 heteroatoms. The Morgan fingerprint density at radius 3 is 2.75 bits per heavy atom. The highest BCUT2D eigenvalue weighted by Crippen LogP contribution is 2.20. The second kappa shape index (κ2) is 4.05. The normalized spacial score (nSPS) is 15.0. The Labute approximate surface area is 93.4 Å². The molecule has 0 fully saturated rings. The minimum Gasteiger partial charge on any atom is -0.339 e. The molecule has 2 atom stereocenters. The molecule has 0 aliphatic heterocycles. The average molecular weight is 221 g/mol. The largest absolute Gasteiger partial charge is 0.339 e. The van der Waals surface area contributed by atoms with E-state index < -0.39 is 0 Å². The summed E-state index contributed by atoms with van der Waals surface area (Å²) in [5.41, 5.74) is 6.62. The molecule has 2 aromatic heterocycles. The van der Waals surface area contributed by atoms with Gasteiger partial charge >= 0.3 is 0 Å². The average Bonchev–Trinajstić information content (AvgIpc) is 2.84. The first kappa shape index (κ1) is 10.8. The summed E-state index contributed by atoms with van der Waals surface area (Å²) in [5, 5.41) is 7.96. The lowest BCUT2D eigenvalue weighted by atomic mass is 10.1. The van der Waals surface area contributed by atoms with Crippen LogP contribution in [-0.2, 0) is 7.05 Å². The van der Waals surface area contributed by atoms with E-state index in [4.69, 9.17) is 10.3 Å². The SMILES string of the molecule is CC(N)C(C)c1nc(-c2cnn(C)c2)no1. The van der Waals surface area contributed by atoms with Gasteiger partial charge in [-0.2, -0.15) is 10.1 Å². The van der Waals surface area contributed by atoms with Gasteiger partial charge in [0.05, 0.1) is 17.7 Å². The first-order chi connectivity index (χ1) is 7.58. The van der Waals surface area contributed by atoms with E-state index in [0.717, 1.165) is 5.56 Å². The van der Waals surface area contributed by atoms with Gasteiger partial charge in [0.15, 0.2) is 0 Å². The van der Waals surface area contributed by atoms with Gasteiger partial charge in [0.2, 0.25) is 11.7 Å². The summed E-state index contributed by atoms with van der Waals surface area (Å²) in [6.07, 6.45) is 3.54. The smallest absolute Gasteiger partial charge is 0.231 e. The molecular weight excluding hydrogens is 206 g/mol. The second-order valence-corrected chi connectivity index (χ2v) is 4.01. The predicted molar refractivity (Wildman–Crippen MR) is 58.6 cm³/mol. The fourth-order valence-corrected chi connectivity index (χ4v) is 1.30. The van der Waals surface area contributed by atoms with Gasteiger partial charge in [-0.25, -0.2) is 0 Å². The summed E-state index contributed by atoms with van der Waals surface area (Å²) < 4.78 is 6.87. The summed E-state index contributed by atoms with van der Waals surface area (Å²) in [5.74, 6) is 1.17. The number of hydrogen-bond donors (Lipinski definition) is 1. The van der Waals surface area contributed by atoms with Crippen molar-refractivity contribution in [3.05, 3.63) is 18.3 Å². The van der Waals surface area contributed by atoms with Gasteiger partial charge in [0.25, 0.3) is 0 Å². The lowest BCUT2D eigenvalue weighted by Gasteiger charge is -2.09. The van der Waals surface area contributed by atoms with E-state index in [0.29, 0.717) is 11.7 Å². The minimum atomic E-state index is -0.0119. The van der Waals surface area contributed by atoms with Gasteiger partial charge in [0, 0.05) is 19.3 Å². The molecule has 0 aliphatic rings. The van der Waals surface area contributed by atoms with E-state index in [1.807, 2.05) is 27.1 Å². The van der Waals surface area contributed by atoms with Crippen LogP contribution in [0, 0.1) is 0 Å². The standard InChI is InChI=1S/C10H15N5O/c1-6(7(2)11)10-13-9(14-16-10)8-4-12-15(3)5-8/h4-7H,11H2,1-3H3. The maximum absolute atomic E-state index is 5.78. The topological polar surface area (TPSA) is 82.8 Å². The van der Waals surface area contributed by atoms with Crippen LogP contribution in [0.3, 0.4) is 0 Å². The van der Waals surface area contributed by atoms with Crippen molar-refractivity contribution in [3.63, 3.8) is 0 Å². The Balaban J connectivity index is 2.26. The summed E-state index contributed by atoms with van der Waals surface area (Å²) >= 11 is 0. The highest BCUT2D eigenvalue weighted by molar-refractivity contribution is 5.51. The zero-order chi connectivity index (χ0) is 11.7. The molecule has 0 aliphatic carbocycles. The van der Waals surface area contributed by atoms with Gasteiger partial charge in [0.1, 0.15) is 0 Å². The van der Waals surface area contributed by atoms with Crippen molar-refractivity contribution in [1.29, 1.82) is 0 Å². The number of aryl methyl sites for hydroxylation is 1. The van der Waals surface area contributed by atoms with Gasteiger partial charge in [-0.05, 0) is 6.92 Å². The Kier molecular flexibility index (Phi) is 2.74. The Bertz CT molecular complexity index is 473. The van der Waals surface area contributed by atoms with Crippen LogP contribution in [-0.4, -0.2) is 26.0 Å². The highest BCUT2D eigenvalue weighted by atomic mass is 16.5. The minimum absolute atomic E-state index is 0.0119. The number of nitrogens with zero attached hydrogens (tertiary/aromatic N) is 4. The maximum Gasteiger partial charge on any atom is 0.231 e. The van der Waals surface area contributed by atoms with Gasteiger partial charge in [-0.15, -0.1) is 0 Å². The van der Waals surface area contributed by atoms with Crippen molar-refractivity contribution in [2.45, 2.75) is 25.8 Å². The van der Waals surface area contributed by atoms with E-state index in [1.54, 1.807) is 10.9 Å². The monoisotopic (exact) mass is 221 g/mol. The molecule has 2 unspecified atom stereocenters. The number of nitrogens with two attached hydrogens (primary N) is 1. The van der Waals surface area contributed by atoms with E-state index in [2.05, 4.69) is 15.2 Å². The molecule has 2 heterocycles. The molecule has 0 saturated heterocycles. The fourth-order valence-electron chi connectivity index (χ4n) is 1.30. The fraction of sp³-hybridized carbons (Fsp3) is 0.500. The molecule has 0 spiro atoms.